The number of amides is 1. The van der Waals surface area contributed by atoms with Crippen molar-refractivity contribution < 1.29 is 4.79 Å². The largest absolute Gasteiger partial charge is 0.357 e. The van der Waals surface area contributed by atoms with Crippen LogP contribution in [-0.4, -0.2) is 36.0 Å². The molecule has 0 spiro atoms. The van der Waals surface area contributed by atoms with Crippen LogP contribution in [-0.2, 0) is 11.3 Å². The Morgan fingerprint density at radius 3 is 2.81 bits per heavy atom. The molecule has 140 valence electrons. The van der Waals surface area contributed by atoms with E-state index in [1.807, 2.05) is 55.3 Å². The van der Waals surface area contributed by atoms with Crippen molar-refractivity contribution in [3.8, 4) is 0 Å². The Kier molecular flexibility index (Phi) is 7.83. The number of aryl methyl sites for hydroxylation is 1. The van der Waals surface area contributed by atoms with E-state index in [1.165, 1.54) is 0 Å². The monoisotopic (exact) mass is 485 g/mol. The summed E-state index contributed by atoms with van der Waals surface area (Å²) in [7, 11) is 0. The van der Waals surface area contributed by atoms with Crippen LogP contribution in [0.4, 0.5) is 5.69 Å². The van der Waals surface area contributed by atoms with Crippen molar-refractivity contribution in [2.45, 2.75) is 32.9 Å². The molecule has 0 saturated carbocycles. The third-order valence-electron chi connectivity index (χ3n) is 3.94. The summed E-state index contributed by atoms with van der Waals surface area (Å²) < 4.78 is 0. The Hall–Kier alpha value is -1.68. The quantitative estimate of drug-likeness (QED) is 0.388. The fourth-order valence-electron chi connectivity index (χ4n) is 2.81. The van der Waals surface area contributed by atoms with Gasteiger partial charge in [-0.25, -0.2) is 9.98 Å². The van der Waals surface area contributed by atoms with E-state index in [0.29, 0.717) is 19.5 Å². The molecular formula is C18H24IN5OS. The van der Waals surface area contributed by atoms with E-state index < -0.39 is 0 Å². The summed E-state index contributed by atoms with van der Waals surface area (Å²) in [6.07, 6.45) is 2.34. The number of hydrogen-bond donors (Lipinski definition) is 2. The minimum atomic E-state index is 0. The average Bonchev–Trinajstić information content (AvgIpc) is 3.19. The van der Waals surface area contributed by atoms with Gasteiger partial charge in [0.15, 0.2) is 5.96 Å². The molecule has 0 aliphatic carbocycles. The number of rotatable bonds is 5. The minimum Gasteiger partial charge on any atom is -0.357 e. The molecular weight excluding hydrogens is 461 g/mol. The van der Waals surface area contributed by atoms with Gasteiger partial charge in [0.1, 0.15) is 0 Å². The molecule has 1 fully saturated rings. The summed E-state index contributed by atoms with van der Waals surface area (Å²) in [5.74, 6) is 0.874. The van der Waals surface area contributed by atoms with Gasteiger partial charge < -0.3 is 15.5 Å². The van der Waals surface area contributed by atoms with Gasteiger partial charge in [-0.1, -0.05) is 18.2 Å². The maximum absolute atomic E-state index is 12.3. The van der Waals surface area contributed by atoms with Crippen LogP contribution in [0.5, 0.6) is 0 Å². The van der Waals surface area contributed by atoms with Crippen LogP contribution in [0.25, 0.3) is 0 Å². The Balaban J connectivity index is 0.00000243. The first-order valence-electron chi connectivity index (χ1n) is 8.47. The number of anilines is 1. The highest BCUT2D eigenvalue weighted by Gasteiger charge is 2.31. The zero-order chi connectivity index (χ0) is 17.6. The first-order valence-corrected chi connectivity index (χ1v) is 9.29. The van der Waals surface area contributed by atoms with Crippen LogP contribution in [0, 0.1) is 6.92 Å². The smallest absolute Gasteiger partial charge is 0.229 e. The van der Waals surface area contributed by atoms with E-state index in [2.05, 4.69) is 20.6 Å². The fraction of sp³-hybridized carbons (Fsp3) is 0.389. The van der Waals surface area contributed by atoms with Crippen LogP contribution in [0.2, 0.25) is 0 Å². The zero-order valence-corrected chi connectivity index (χ0v) is 18.1. The van der Waals surface area contributed by atoms with E-state index in [9.17, 15) is 4.79 Å². The number of hydrogen-bond acceptors (Lipinski definition) is 4. The van der Waals surface area contributed by atoms with E-state index >= 15 is 0 Å². The molecule has 1 aliphatic rings. The van der Waals surface area contributed by atoms with Gasteiger partial charge in [0.2, 0.25) is 5.91 Å². The van der Waals surface area contributed by atoms with Gasteiger partial charge in [-0.15, -0.1) is 35.3 Å². The number of aromatic nitrogens is 1. The molecule has 1 aliphatic heterocycles. The van der Waals surface area contributed by atoms with Crippen molar-refractivity contribution in [2.24, 2.45) is 4.99 Å². The number of aliphatic imine (C=N–C) groups is 1. The van der Waals surface area contributed by atoms with E-state index in [1.54, 1.807) is 11.3 Å². The summed E-state index contributed by atoms with van der Waals surface area (Å²) >= 11 is 1.65. The van der Waals surface area contributed by atoms with Crippen molar-refractivity contribution in [1.29, 1.82) is 0 Å². The molecule has 1 atom stereocenters. The predicted molar refractivity (Wildman–Crippen MR) is 117 cm³/mol. The van der Waals surface area contributed by atoms with Crippen LogP contribution < -0.4 is 15.5 Å². The van der Waals surface area contributed by atoms with E-state index in [4.69, 9.17) is 0 Å². The topological polar surface area (TPSA) is 69.6 Å². The third-order valence-corrected chi connectivity index (χ3v) is 4.84. The summed E-state index contributed by atoms with van der Waals surface area (Å²) in [5, 5.41) is 7.68. The Labute approximate surface area is 175 Å². The number of nitrogens with one attached hydrogen (secondary N) is 2. The number of guanidine groups is 1. The summed E-state index contributed by atoms with van der Waals surface area (Å²) in [4.78, 5) is 24.2. The number of thiazole rings is 1. The number of benzene rings is 1. The Bertz CT molecular complexity index is 749. The number of halogens is 1. The first kappa shape index (κ1) is 20.6. The lowest BCUT2D eigenvalue weighted by Gasteiger charge is -2.18. The van der Waals surface area contributed by atoms with Gasteiger partial charge in [-0.3, -0.25) is 4.79 Å². The molecule has 2 aromatic rings. The second-order valence-corrected chi connectivity index (χ2v) is 7.25. The molecule has 1 aromatic heterocycles. The molecule has 3 rings (SSSR count). The Morgan fingerprint density at radius 2 is 2.15 bits per heavy atom. The second-order valence-electron chi connectivity index (χ2n) is 5.93. The number of nitrogens with zero attached hydrogens (tertiary/aromatic N) is 3. The molecule has 1 aromatic carbocycles. The van der Waals surface area contributed by atoms with E-state index in [0.717, 1.165) is 28.1 Å². The average molecular weight is 485 g/mol. The highest BCUT2D eigenvalue weighted by atomic mass is 127. The fourth-order valence-corrected chi connectivity index (χ4v) is 3.53. The standard InChI is InChI=1S/C18H23N5OS.HI/c1-3-19-18(21-11-16-10-20-13(2)25-16)22-14-9-17(24)23(12-14)15-7-5-4-6-8-15;/h4-8,10,14H,3,9,11-12H2,1-2H3,(H2,19,21,22);1H. The maximum atomic E-state index is 12.3. The lowest BCUT2D eigenvalue weighted by molar-refractivity contribution is -0.117. The van der Waals surface area contributed by atoms with Crippen LogP contribution in [0.15, 0.2) is 41.5 Å². The SMILES string of the molecule is CCNC(=NCc1cnc(C)s1)NC1CC(=O)N(c2ccccc2)C1.I. The van der Waals surface area contributed by atoms with Gasteiger partial charge in [0, 0.05) is 36.3 Å². The van der Waals surface area contributed by atoms with Crippen LogP contribution in [0.1, 0.15) is 23.2 Å². The summed E-state index contributed by atoms with van der Waals surface area (Å²) in [6, 6.07) is 9.83. The summed E-state index contributed by atoms with van der Waals surface area (Å²) in [5.41, 5.74) is 0.943. The molecule has 2 N–H and O–H groups in total. The minimum absolute atomic E-state index is 0. The molecule has 6 nitrogen and oxygen atoms in total. The first-order chi connectivity index (χ1) is 12.2. The van der Waals surface area contributed by atoms with Crippen molar-refractivity contribution in [3.63, 3.8) is 0 Å². The van der Waals surface area contributed by atoms with Crippen molar-refractivity contribution in [3.05, 3.63) is 46.4 Å². The molecule has 1 saturated heterocycles. The predicted octanol–water partition coefficient (Wildman–Crippen LogP) is 2.93. The zero-order valence-electron chi connectivity index (χ0n) is 14.9. The third kappa shape index (κ3) is 5.41. The van der Waals surface area contributed by atoms with Crippen molar-refractivity contribution in [1.82, 2.24) is 15.6 Å². The molecule has 1 unspecified atom stereocenters. The second kappa shape index (κ2) is 9.86. The van der Waals surface area contributed by atoms with Gasteiger partial charge in [0.05, 0.1) is 17.6 Å². The number of carbonyl (C=O) groups excluding carboxylic acids is 1. The van der Waals surface area contributed by atoms with Gasteiger partial charge in [-0.05, 0) is 26.0 Å². The highest BCUT2D eigenvalue weighted by Crippen LogP contribution is 2.21. The lowest BCUT2D eigenvalue weighted by atomic mass is 10.2. The molecule has 2 heterocycles. The van der Waals surface area contributed by atoms with Crippen molar-refractivity contribution in [2.75, 3.05) is 18.0 Å². The van der Waals surface area contributed by atoms with Crippen molar-refractivity contribution >= 4 is 52.9 Å². The molecule has 0 bridgehead atoms. The van der Waals surface area contributed by atoms with E-state index in [-0.39, 0.29) is 35.9 Å². The van der Waals surface area contributed by atoms with Gasteiger partial charge >= 0.3 is 0 Å². The van der Waals surface area contributed by atoms with Gasteiger partial charge in [-0.2, -0.15) is 0 Å². The molecule has 8 heteroatoms. The lowest BCUT2D eigenvalue weighted by Crippen LogP contribution is -2.44. The maximum Gasteiger partial charge on any atom is 0.229 e. The van der Waals surface area contributed by atoms with Gasteiger partial charge in [0.25, 0.3) is 0 Å². The normalized spacial score (nSPS) is 17.2. The molecule has 1 amide bonds. The Morgan fingerprint density at radius 1 is 1.38 bits per heavy atom. The summed E-state index contributed by atoms with van der Waals surface area (Å²) in [6.45, 7) is 6.03. The molecule has 0 radical (unpaired) electrons. The molecule has 26 heavy (non-hydrogen) atoms. The highest BCUT2D eigenvalue weighted by molar-refractivity contribution is 14.0. The van der Waals surface area contributed by atoms with Crippen LogP contribution >= 0.6 is 35.3 Å². The number of carbonyl (C=O) groups is 1. The van der Waals surface area contributed by atoms with Crippen LogP contribution in [0.3, 0.4) is 0 Å². The number of para-hydroxylation sites is 1.